The molecular weight excluding hydrogens is 311 g/mol. The molecule has 0 radical (unpaired) electrons. The summed E-state index contributed by atoms with van der Waals surface area (Å²) < 4.78 is 0. The van der Waals surface area contributed by atoms with Crippen LogP contribution in [-0.4, -0.2) is 11.0 Å². The van der Waals surface area contributed by atoms with Crippen molar-refractivity contribution in [3.05, 3.63) is 63.1 Å². The SMILES string of the molecule is Nc1cc(Cl)c(Cl)c(C(=O)NCc2cccc(CO)c2)c1. The number of nitrogens with one attached hydrogen (secondary N) is 1. The van der Waals surface area contributed by atoms with Crippen molar-refractivity contribution in [3.8, 4) is 0 Å². The summed E-state index contributed by atoms with van der Waals surface area (Å²) in [4.78, 5) is 12.1. The van der Waals surface area contributed by atoms with Crippen molar-refractivity contribution < 1.29 is 9.90 Å². The minimum Gasteiger partial charge on any atom is -0.399 e. The number of hydrogen-bond donors (Lipinski definition) is 3. The van der Waals surface area contributed by atoms with Crippen molar-refractivity contribution in [2.24, 2.45) is 0 Å². The van der Waals surface area contributed by atoms with E-state index in [2.05, 4.69) is 5.32 Å². The Bertz CT molecular complexity index is 675. The first-order valence-corrected chi connectivity index (χ1v) is 6.98. The first kappa shape index (κ1) is 15.6. The fourth-order valence-electron chi connectivity index (χ4n) is 1.89. The molecule has 0 aromatic heterocycles. The number of anilines is 1. The van der Waals surface area contributed by atoms with Crippen LogP contribution in [0, 0.1) is 0 Å². The number of rotatable bonds is 4. The predicted molar refractivity (Wildman–Crippen MR) is 84.4 cm³/mol. The Balaban J connectivity index is 2.11. The summed E-state index contributed by atoms with van der Waals surface area (Å²) in [6.45, 7) is 0.272. The Morgan fingerprint density at radius 3 is 2.62 bits per heavy atom. The van der Waals surface area contributed by atoms with Crippen molar-refractivity contribution in [2.45, 2.75) is 13.2 Å². The summed E-state index contributed by atoms with van der Waals surface area (Å²) in [6, 6.07) is 10.3. The Morgan fingerprint density at radius 1 is 1.19 bits per heavy atom. The molecule has 0 saturated heterocycles. The molecule has 2 aromatic rings. The summed E-state index contributed by atoms with van der Waals surface area (Å²) in [5.74, 6) is -0.358. The molecule has 0 aliphatic carbocycles. The molecule has 2 aromatic carbocycles. The van der Waals surface area contributed by atoms with E-state index in [1.165, 1.54) is 12.1 Å². The van der Waals surface area contributed by atoms with Crippen LogP contribution in [-0.2, 0) is 13.2 Å². The number of carbonyl (C=O) groups excluding carboxylic acids is 1. The maximum absolute atomic E-state index is 12.1. The molecule has 4 nitrogen and oxygen atoms in total. The number of hydrogen-bond acceptors (Lipinski definition) is 3. The number of nitrogens with two attached hydrogens (primary N) is 1. The van der Waals surface area contributed by atoms with Crippen LogP contribution in [0.15, 0.2) is 36.4 Å². The molecule has 0 heterocycles. The van der Waals surface area contributed by atoms with E-state index in [-0.39, 0.29) is 28.1 Å². The van der Waals surface area contributed by atoms with E-state index in [1.807, 2.05) is 18.2 Å². The molecule has 0 unspecified atom stereocenters. The topological polar surface area (TPSA) is 75.4 Å². The molecule has 0 bridgehead atoms. The highest BCUT2D eigenvalue weighted by Gasteiger charge is 2.14. The van der Waals surface area contributed by atoms with Gasteiger partial charge in [0.25, 0.3) is 5.91 Å². The van der Waals surface area contributed by atoms with Crippen LogP contribution in [0.4, 0.5) is 5.69 Å². The second-order valence-electron chi connectivity index (χ2n) is 4.53. The standard InChI is InChI=1S/C15H14Cl2N2O2/c16-13-6-11(18)5-12(14(13)17)15(21)19-7-9-2-1-3-10(4-9)8-20/h1-6,20H,7-8,18H2,(H,19,21). The van der Waals surface area contributed by atoms with E-state index in [4.69, 9.17) is 34.0 Å². The molecular formula is C15H14Cl2N2O2. The fraction of sp³-hybridized carbons (Fsp3) is 0.133. The maximum atomic E-state index is 12.1. The molecule has 6 heteroatoms. The fourth-order valence-corrected chi connectivity index (χ4v) is 2.31. The minimum absolute atomic E-state index is 0.0432. The number of benzene rings is 2. The lowest BCUT2D eigenvalue weighted by Gasteiger charge is -2.09. The first-order valence-electron chi connectivity index (χ1n) is 6.22. The Kier molecular flexibility index (Phi) is 5.07. The average molecular weight is 325 g/mol. The number of amides is 1. The molecule has 0 spiro atoms. The van der Waals surface area contributed by atoms with Gasteiger partial charge in [0.1, 0.15) is 0 Å². The smallest absolute Gasteiger partial charge is 0.253 e. The van der Waals surface area contributed by atoms with E-state index in [1.54, 1.807) is 6.07 Å². The molecule has 21 heavy (non-hydrogen) atoms. The van der Waals surface area contributed by atoms with Gasteiger partial charge in [0.15, 0.2) is 0 Å². The van der Waals surface area contributed by atoms with Gasteiger partial charge in [-0.05, 0) is 23.3 Å². The number of aliphatic hydroxyl groups excluding tert-OH is 1. The second-order valence-corrected chi connectivity index (χ2v) is 5.31. The highest BCUT2D eigenvalue weighted by molar-refractivity contribution is 6.44. The van der Waals surface area contributed by atoms with Gasteiger partial charge in [-0.15, -0.1) is 0 Å². The van der Waals surface area contributed by atoms with E-state index in [0.29, 0.717) is 12.2 Å². The summed E-state index contributed by atoms with van der Waals surface area (Å²) in [5, 5.41) is 12.2. The third-order valence-electron chi connectivity index (χ3n) is 2.92. The summed E-state index contributed by atoms with van der Waals surface area (Å²) in [6.07, 6.45) is 0. The molecule has 0 fully saturated rings. The third-order valence-corrected chi connectivity index (χ3v) is 3.72. The van der Waals surface area contributed by atoms with E-state index in [0.717, 1.165) is 11.1 Å². The highest BCUT2D eigenvalue weighted by atomic mass is 35.5. The molecule has 4 N–H and O–H groups in total. The molecule has 110 valence electrons. The normalized spacial score (nSPS) is 10.4. The van der Waals surface area contributed by atoms with Crippen molar-refractivity contribution in [3.63, 3.8) is 0 Å². The Morgan fingerprint density at radius 2 is 1.90 bits per heavy atom. The van der Waals surface area contributed by atoms with Crippen LogP contribution < -0.4 is 11.1 Å². The van der Waals surface area contributed by atoms with Gasteiger partial charge in [-0.3, -0.25) is 4.79 Å². The van der Waals surface area contributed by atoms with Crippen molar-refractivity contribution in [2.75, 3.05) is 5.73 Å². The molecule has 0 atom stereocenters. The van der Waals surface area contributed by atoms with Gasteiger partial charge in [-0.1, -0.05) is 47.5 Å². The summed E-state index contributed by atoms with van der Waals surface area (Å²) >= 11 is 11.9. The molecule has 0 aliphatic rings. The van der Waals surface area contributed by atoms with Gasteiger partial charge in [0, 0.05) is 12.2 Å². The van der Waals surface area contributed by atoms with Crippen LogP contribution in [0.5, 0.6) is 0 Å². The Hall–Kier alpha value is -1.75. The van der Waals surface area contributed by atoms with Crippen LogP contribution in [0.25, 0.3) is 0 Å². The average Bonchev–Trinajstić information content (AvgIpc) is 2.48. The minimum atomic E-state index is -0.358. The van der Waals surface area contributed by atoms with Crippen molar-refractivity contribution in [1.82, 2.24) is 5.32 Å². The monoisotopic (exact) mass is 324 g/mol. The quantitative estimate of drug-likeness (QED) is 0.757. The summed E-state index contributed by atoms with van der Waals surface area (Å²) in [7, 11) is 0. The van der Waals surface area contributed by atoms with Gasteiger partial charge >= 0.3 is 0 Å². The zero-order valence-corrected chi connectivity index (χ0v) is 12.6. The van der Waals surface area contributed by atoms with Crippen molar-refractivity contribution in [1.29, 1.82) is 0 Å². The highest BCUT2D eigenvalue weighted by Crippen LogP contribution is 2.28. The number of nitrogen functional groups attached to an aromatic ring is 1. The third kappa shape index (κ3) is 3.88. The van der Waals surface area contributed by atoms with E-state index < -0.39 is 0 Å². The predicted octanol–water partition coefficient (Wildman–Crippen LogP) is 3.00. The lowest BCUT2D eigenvalue weighted by atomic mass is 10.1. The summed E-state index contributed by atoms with van der Waals surface area (Å²) in [5.41, 5.74) is 7.93. The van der Waals surface area contributed by atoms with Crippen LogP contribution in [0.3, 0.4) is 0 Å². The van der Waals surface area contributed by atoms with E-state index >= 15 is 0 Å². The second kappa shape index (κ2) is 6.80. The van der Waals surface area contributed by atoms with Gasteiger partial charge in [-0.25, -0.2) is 0 Å². The van der Waals surface area contributed by atoms with Gasteiger partial charge < -0.3 is 16.2 Å². The number of halogens is 2. The lowest BCUT2D eigenvalue weighted by molar-refractivity contribution is 0.0951. The molecule has 0 aliphatic heterocycles. The van der Waals surface area contributed by atoms with Gasteiger partial charge in [0.05, 0.1) is 22.2 Å². The van der Waals surface area contributed by atoms with Gasteiger partial charge in [0.2, 0.25) is 0 Å². The zero-order chi connectivity index (χ0) is 15.4. The van der Waals surface area contributed by atoms with Crippen LogP contribution in [0.2, 0.25) is 10.0 Å². The first-order chi connectivity index (χ1) is 10.0. The van der Waals surface area contributed by atoms with Crippen LogP contribution in [0.1, 0.15) is 21.5 Å². The molecule has 1 amide bonds. The van der Waals surface area contributed by atoms with Crippen LogP contribution >= 0.6 is 23.2 Å². The lowest BCUT2D eigenvalue weighted by Crippen LogP contribution is -2.23. The molecule has 0 saturated carbocycles. The molecule has 2 rings (SSSR count). The number of carbonyl (C=O) groups is 1. The number of aliphatic hydroxyl groups is 1. The largest absolute Gasteiger partial charge is 0.399 e. The van der Waals surface area contributed by atoms with E-state index in [9.17, 15) is 4.79 Å². The Labute approximate surface area is 132 Å². The maximum Gasteiger partial charge on any atom is 0.253 e. The zero-order valence-electron chi connectivity index (χ0n) is 11.1. The van der Waals surface area contributed by atoms with Gasteiger partial charge in [-0.2, -0.15) is 0 Å². The van der Waals surface area contributed by atoms with Crippen molar-refractivity contribution >= 4 is 34.8 Å².